The normalized spacial score (nSPS) is 38.9. The standard InChI is InChI=1S/C44H64O24/c1-6-20-23(26(39(57)59-4)16-63-41(20)67-43-37(55)35(53)33(51)29(12-46)65-43)9-31(49)61-14-19(11-45)22-8-28(48)18(3)25(22)15-62-32(50)10-24-21(7-2)42(64-17-27(24)40(58)60-5)68-44-38(56)36(54)34(52)30(13-47)66-44/h6-7,16-19,22-25,28-30,33-38,41-48,51-56H,8-15H2,1-5H3/b20-6+,21-7+/t18-,19-,22+,23-,24+,25-,28-,29+,30-,33+,34-,35-,36+,37+,38-,41+,42-,43-,44+/m1/s1. The van der Waals surface area contributed by atoms with Crippen LogP contribution in [0.3, 0.4) is 0 Å². The Labute approximate surface area is 390 Å². The van der Waals surface area contributed by atoms with Crippen LogP contribution in [-0.4, -0.2) is 202 Å². The maximum atomic E-state index is 13.6. The molecule has 3 fully saturated rings. The van der Waals surface area contributed by atoms with E-state index in [4.69, 9.17) is 47.4 Å². The molecule has 0 aromatic carbocycles. The van der Waals surface area contributed by atoms with Crippen molar-refractivity contribution in [3.8, 4) is 0 Å². The number of hydrogen-bond donors (Lipinski definition) is 10. The lowest BCUT2D eigenvalue weighted by molar-refractivity contribution is -0.327. The van der Waals surface area contributed by atoms with Crippen LogP contribution < -0.4 is 0 Å². The number of carbonyl (C=O) groups is 4. The van der Waals surface area contributed by atoms with Gasteiger partial charge in [-0.15, -0.1) is 0 Å². The minimum absolute atomic E-state index is 0.0933. The Kier molecular flexibility index (Phi) is 19.9. The monoisotopic (exact) mass is 976 g/mol. The van der Waals surface area contributed by atoms with E-state index in [2.05, 4.69) is 0 Å². The summed E-state index contributed by atoms with van der Waals surface area (Å²) in [7, 11) is 2.23. The van der Waals surface area contributed by atoms with Crippen molar-refractivity contribution in [3.05, 3.63) is 47.0 Å². The molecule has 24 heteroatoms. The van der Waals surface area contributed by atoms with Crippen LogP contribution in [0.5, 0.6) is 0 Å². The maximum absolute atomic E-state index is 13.6. The predicted octanol–water partition coefficient (Wildman–Crippen LogP) is -3.32. The van der Waals surface area contributed by atoms with E-state index in [0.29, 0.717) is 0 Å². The summed E-state index contributed by atoms with van der Waals surface area (Å²) in [5.41, 5.74) is 0.181. The predicted molar refractivity (Wildman–Crippen MR) is 223 cm³/mol. The highest BCUT2D eigenvalue weighted by molar-refractivity contribution is 5.91. The van der Waals surface area contributed by atoms with Crippen LogP contribution in [-0.2, 0) is 66.5 Å². The lowest BCUT2D eigenvalue weighted by atomic mass is 9.82. The first kappa shape index (κ1) is 54.8. The number of rotatable bonds is 18. The molecule has 19 atom stereocenters. The molecule has 2 saturated heterocycles. The van der Waals surface area contributed by atoms with Crippen molar-refractivity contribution in [2.75, 3.05) is 47.3 Å². The second-order valence-corrected chi connectivity index (χ2v) is 17.1. The topological polar surface area (TPSA) is 363 Å². The third-order valence-electron chi connectivity index (χ3n) is 13.3. The van der Waals surface area contributed by atoms with Gasteiger partial charge in [0.1, 0.15) is 48.8 Å². The highest BCUT2D eigenvalue weighted by atomic mass is 16.8. The summed E-state index contributed by atoms with van der Waals surface area (Å²) in [5, 5.41) is 103. The Morgan fingerprint density at radius 3 is 1.51 bits per heavy atom. The Bertz CT molecular complexity index is 1860. The molecule has 0 unspecified atom stereocenters. The average Bonchev–Trinajstić information content (AvgIpc) is 3.61. The molecule has 0 spiro atoms. The Morgan fingerprint density at radius 2 is 1.12 bits per heavy atom. The molecule has 4 aliphatic heterocycles. The van der Waals surface area contributed by atoms with E-state index in [0.717, 1.165) is 26.7 Å². The zero-order valence-corrected chi connectivity index (χ0v) is 38.1. The van der Waals surface area contributed by atoms with Crippen LogP contribution in [0.4, 0.5) is 0 Å². The van der Waals surface area contributed by atoms with E-state index < -0.39 is 172 Å². The van der Waals surface area contributed by atoms with Crippen LogP contribution in [0.2, 0.25) is 0 Å². The second-order valence-electron chi connectivity index (χ2n) is 17.1. The fraction of sp³-hybridized carbons (Fsp3) is 0.727. The molecule has 68 heavy (non-hydrogen) atoms. The quantitative estimate of drug-likeness (QED) is 0.0365. The minimum Gasteiger partial charge on any atom is -0.468 e. The molecular formula is C44H64O24. The highest BCUT2D eigenvalue weighted by Gasteiger charge is 2.50. The van der Waals surface area contributed by atoms with Gasteiger partial charge in [-0.2, -0.15) is 0 Å². The lowest BCUT2D eigenvalue weighted by Gasteiger charge is -2.42. The first-order valence-corrected chi connectivity index (χ1v) is 22.1. The summed E-state index contributed by atoms with van der Waals surface area (Å²) in [6.07, 6.45) is -15.8. The van der Waals surface area contributed by atoms with E-state index in [-0.39, 0.29) is 41.9 Å². The van der Waals surface area contributed by atoms with Gasteiger partial charge in [-0.05, 0) is 32.1 Å². The van der Waals surface area contributed by atoms with Gasteiger partial charge < -0.3 is 98.4 Å². The van der Waals surface area contributed by atoms with Crippen molar-refractivity contribution >= 4 is 23.9 Å². The van der Waals surface area contributed by atoms with E-state index in [1.807, 2.05) is 0 Å². The van der Waals surface area contributed by atoms with Crippen LogP contribution in [0.15, 0.2) is 47.0 Å². The van der Waals surface area contributed by atoms with Crippen molar-refractivity contribution in [3.63, 3.8) is 0 Å². The zero-order chi connectivity index (χ0) is 50.1. The van der Waals surface area contributed by atoms with Crippen molar-refractivity contribution in [2.45, 2.75) is 120 Å². The van der Waals surface area contributed by atoms with E-state index in [9.17, 15) is 70.2 Å². The van der Waals surface area contributed by atoms with Crippen LogP contribution in [0.25, 0.3) is 0 Å². The fourth-order valence-electron chi connectivity index (χ4n) is 9.16. The van der Waals surface area contributed by atoms with Gasteiger partial charge in [0.15, 0.2) is 12.6 Å². The molecule has 1 saturated carbocycles. The molecule has 24 nitrogen and oxygen atoms in total. The number of aliphatic hydroxyl groups is 10. The Hall–Kier alpha value is -4.12. The minimum atomic E-state index is -1.79. The molecular weight excluding hydrogens is 912 g/mol. The summed E-state index contributed by atoms with van der Waals surface area (Å²) in [5.74, 6) is -7.89. The Balaban J connectivity index is 1.24. The van der Waals surface area contributed by atoms with Gasteiger partial charge in [-0.1, -0.05) is 19.1 Å². The third-order valence-corrected chi connectivity index (χ3v) is 13.3. The molecule has 0 amide bonds. The molecule has 0 bridgehead atoms. The molecule has 0 radical (unpaired) electrons. The average molecular weight is 977 g/mol. The maximum Gasteiger partial charge on any atom is 0.337 e. The van der Waals surface area contributed by atoms with E-state index in [1.165, 1.54) is 12.2 Å². The van der Waals surface area contributed by atoms with Gasteiger partial charge in [0.05, 0.1) is 83.3 Å². The molecule has 5 rings (SSSR count). The summed E-state index contributed by atoms with van der Waals surface area (Å²) < 4.78 is 55.0. The van der Waals surface area contributed by atoms with Crippen molar-refractivity contribution in [1.29, 1.82) is 0 Å². The highest BCUT2D eigenvalue weighted by Crippen LogP contribution is 2.43. The van der Waals surface area contributed by atoms with Crippen molar-refractivity contribution < 1.29 is 118 Å². The number of carbonyl (C=O) groups excluding carboxylic acids is 4. The van der Waals surface area contributed by atoms with E-state index >= 15 is 0 Å². The molecule has 5 aliphatic rings. The summed E-state index contributed by atoms with van der Waals surface area (Å²) in [4.78, 5) is 52.9. The number of allylic oxidation sites excluding steroid dienone is 2. The van der Waals surface area contributed by atoms with Gasteiger partial charge in [-0.25, -0.2) is 9.59 Å². The van der Waals surface area contributed by atoms with Crippen molar-refractivity contribution in [2.24, 2.45) is 35.5 Å². The van der Waals surface area contributed by atoms with Crippen LogP contribution in [0.1, 0.15) is 40.0 Å². The van der Waals surface area contributed by atoms with E-state index in [1.54, 1.807) is 20.8 Å². The van der Waals surface area contributed by atoms with Gasteiger partial charge >= 0.3 is 23.9 Å². The first-order chi connectivity index (χ1) is 32.4. The number of esters is 4. The number of ether oxygens (including phenoxy) is 10. The van der Waals surface area contributed by atoms with Crippen LogP contribution >= 0.6 is 0 Å². The smallest absolute Gasteiger partial charge is 0.337 e. The fourth-order valence-corrected chi connectivity index (χ4v) is 9.16. The largest absolute Gasteiger partial charge is 0.468 e. The van der Waals surface area contributed by atoms with Gasteiger partial charge in [0, 0.05) is 41.4 Å². The summed E-state index contributed by atoms with van der Waals surface area (Å²) in [6.45, 7) is 2.25. The molecule has 10 N–H and O–H groups in total. The Morgan fingerprint density at radius 1 is 0.676 bits per heavy atom. The lowest BCUT2D eigenvalue weighted by Crippen LogP contribution is -2.60. The molecule has 384 valence electrons. The molecule has 4 heterocycles. The van der Waals surface area contributed by atoms with Gasteiger partial charge in [0.25, 0.3) is 0 Å². The SMILES string of the molecule is C/C=C1/[C@@H](O[C@@H]2O[C@H](CO)[C@@H](O)[C@H](O)[C@H]2O)OC=C(C(=O)OC)[C@H]1CC(=O)OC[C@@H]1[C@@H](C)[C@H](O)C[C@H]1[C@H](CO)COC(=O)C[C@H]1C(C(=O)OC)=CO[C@@H](O[C@H]2O[C@@H](CO)[C@H](O)[C@@H](O)[C@@H]2O)/C1=C/C. The molecule has 0 aromatic heterocycles. The first-order valence-electron chi connectivity index (χ1n) is 22.1. The van der Waals surface area contributed by atoms with Crippen molar-refractivity contribution in [1.82, 2.24) is 0 Å². The van der Waals surface area contributed by atoms with Gasteiger partial charge in [-0.3, -0.25) is 9.59 Å². The number of methoxy groups -OCH3 is 2. The zero-order valence-electron chi connectivity index (χ0n) is 38.1. The summed E-state index contributed by atoms with van der Waals surface area (Å²) >= 11 is 0. The molecule has 1 aliphatic carbocycles. The summed E-state index contributed by atoms with van der Waals surface area (Å²) in [6, 6.07) is 0. The van der Waals surface area contributed by atoms with Gasteiger partial charge in [0.2, 0.25) is 12.6 Å². The second kappa shape index (κ2) is 24.6. The number of aliphatic hydroxyl groups excluding tert-OH is 10. The number of hydrogen-bond acceptors (Lipinski definition) is 24. The third kappa shape index (κ3) is 12.1. The molecule has 0 aromatic rings. The van der Waals surface area contributed by atoms with Crippen LogP contribution in [0, 0.1) is 35.5 Å².